The average Bonchev–Trinajstić information content (AvgIpc) is 2.86. The number of rotatable bonds is 4. The van der Waals surface area contributed by atoms with E-state index in [1.54, 1.807) is 0 Å². The Morgan fingerprint density at radius 1 is 1.45 bits per heavy atom. The first-order chi connectivity index (χ1) is 9.58. The quantitative estimate of drug-likeness (QED) is 0.764. The van der Waals surface area contributed by atoms with Gasteiger partial charge in [0.25, 0.3) is 5.91 Å². The lowest BCUT2D eigenvalue weighted by molar-refractivity contribution is -0.141. The predicted octanol–water partition coefficient (Wildman–Crippen LogP) is -0.00330. The van der Waals surface area contributed by atoms with Gasteiger partial charge < -0.3 is 15.0 Å². The van der Waals surface area contributed by atoms with Crippen molar-refractivity contribution in [2.24, 2.45) is 0 Å². The third-order valence-corrected chi connectivity index (χ3v) is 2.46. The zero-order valence-corrected chi connectivity index (χ0v) is 10.6. The van der Waals surface area contributed by atoms with Crippen LogP contribution in [-0.2, 0) is 16.1 Å². The molecule has 0 aliphatic heterocycles. The second-order valence-electron chi connectivity index (χ2n) is 3.90. The van der Waals surface area contributed by atoms with E-state index in [1.165, 1.54) is 42.5 Å². The molecule has 0 radical (unpaired) electrons. The summed E-state index contributed by atoms with van der Waals surface area (Å²) in [6.45, 7) is -0.0367. The molecule has 0 saturated heterocycles. The molecule has 20 heavy (non-hydrogen) atoms. The van der Waals surface area contributed by atoms with E-state index in [0.29, 0.717) is 11.3 Å². The van der Waals surface area contributed by atoms with E-state index in [0.717, 1.165) is 0 Å². The fraction of sp³-hybridized carbons (Fsp3) is 0.167. The summed E-state index contributed by atoms with van der Waals surface area (Å²) in [6, 6.07) is 2.67. The summed E-state index contributed by atoms with van der Waals surface area (Å²) in [4.78, 5) is 36.2. The summed E-state index contributed by atoms with van der Waals surface area (Å²) in [7, 11) is 1.28. The number of H-pyrrole nitrogens is 1. The lowest BCUT2D eigenvalue weighted by atomic mass is 10.2. The molecule has 2 aromatic rings. The molecule has 0 spiro atoms. The standard InChI is InChI=1S/C12H12N4O4/c1-20-11(18)7-16-6-9(5-14-16)15-12(19)8-2-3-10(17)13-4-8/h2-6H,7H2,1H3,(H,13,17)(H,15,19). The zero-order chi connectivity index (χ0) is 14.5. The second kappa shape index (κ2) is 5.83. The third-order valence-electron chi connectivity index (χ3n) is 2.46. The number of ether oxygens (including phenoxy) is 1. The molecule has 0 saturated carbocycles. The van der Waals surface area contributed by atoms with Crippen molar-refractivity contribution in [1.29, 1.82) is 0 Å². The molecular formula is C12H12N4O4. The molecule has 0 aromatic carbocycles. The number of hydrogen-bond donors (Lipinski definition) is 2. The predicted molar refractivity (Wildman–Crippen MR) is 69.3 cm³/mol. The first-order valence-corrected chi connectivity index (χ1v) is 5.68. The van der Waals surface area contributed by atoms with Crippen LogP contribution in [0.3, 0.4) is 0 Å². The molecule has 0 unspecified atom stereocenters. The lowest BCUT2D eigenvalue weighted by Crippen LogP contribution is -2.14. The molecule has 2 heterocycles. The summed E-state index contributed by atoms with van der Waals surface area (Å²) in [5.74, 6) is -0.828. The fourth-order valence-electron chi connectivity index (χ4n) is 1.47. The van der Waals surface area contributed by atoms with Crippen LogP contribution in [0.5, 0.6) is 0 Å². The van der Waals surface area contributed by atoms with Gasteiger partial charge in [0.15, 0.2) is 0 Å². The number of aromatic nitrogens is 3. The SMILES string of the molecule is COC(=O)Cn1cc(NC(=O)c2ccc(=O)[nH]c2)cn1. The second-order valence-corrected chi connectivity index (χ2v) is 3.90. The van der Waals surface area contributed by atoms with Crippen LogP contribution in [-0.4, -0.2) is 33.8 Å². The number of methoxy groups -OCH3 is 1. The molecular weight excluding hydrogens is 264 g/mol. The molecule has 0 fully saturated rings. The van der Waals surface area contributed by atoms with Gasteiger partial charge in [-0.2, -0.15) is 5.10 Å². The van der Waals surface area contributed by atoms with Gasteiger partial charge in [0.1, 0.15) is 6.54 Å². The molecule has 2 aromatic heterocycles. The van der Waals surface area contributed by atoms with E-state index in [2.05, 4.69) is 20.1 Å². The normalized spacial score (nSPS) is 10.1. The summed E-state index contributed by atoms with van der Waals surface area (Å²) in [6.07, 6.45) is 4.23. The first-order valence-electron chi connectivity index (χ1n) is 5.68. The van der Waals surface area contributed by atoms with Crippen LogP contribution in [0.4, 0.5) is 5.69 Å². The van der Waals surface area contributed by atoms with E-state index in [1.807, 2.05) is 0 Å². The van der Waals surface area contributed by atoms with Crippen molar-refractivity contribution in [3.05, 3.63) is 46.6 Å². The maximum absolute atomic E-state index is 11.9. The Morgan fingerprint density at radius 2 is 2.25 bits per heavy atom. The van der Waals surface area contributed by atoms with Crippen molar-refractivity contribution >= 4 is 17.6 Å². The van der Waals surface area contributed by atoms with Crippen LogP contribution in [0.15, 0.2) is 35.5 Å². The Balaban J connectivity index is 2.03. The van der Waals surface area contributed by atoms with Gasteiger partial charge in [0, 0.05) is 18.5 Å². The molecule has 2 N–H and O–H groups in total. The molecule has 2 rings (SSSR count). The highest BCUT2D eigenvalue weighted by atomic mass is 16.5. The summed E-state index contributed by atoms with van der Waals surface area (Å²) >= 11 is 0. The van der Waals surface area contributed by atoms with Gasteiger partial charge in [0.2, 0.25) is 5.56 Å². The Hall–Kier alpha value is -2.90. The maximum atomic E-state index is 11.9. The summed E-state index contributed by atoms with van der Waals surface area (Å²) in [5, 5.41) is 6.50. The van der Waals surface area contributed by atoms with Gasteiger partial charge in [-0.25, -0.2) is 0 Å². The third kappa shape index (κ3) is 3.31. The Kier molecular flexibility index (Phi) is 3.94. The number of esters is 1. The van der Waals surface area contributed by atoms with Crippen molar-refractivity contribution in [2.45, 2.75) is 6.54 Å². The molecule has 0 atom stereocenters. The number of anilines is 1. The van der Waals surface area contributed by atoms with Crippen molar-refractivity contribution < 1.29 is 14.3 Å². The van der Waals surface area contributed by atoms with Gasteiger partial charge in [-0.3, -0.25) is 19.1 Å². The maximum Gasteiger partial charge on any atom is 0.327 e. The summed E-state index contributed by atoms with van der Waals surface area (Å²) in [5.41, 5.74) is 0.461. The molecule has 8 nitrogen and oxygen atoms in total. The van der Waals surface area contributed by atoms with Crippen LogP contribution in [0, 0.1) is 0 Å². The number of nitrogens with zero attached hydrogens (tertiary/aromatic N) is 2. The Bertz CT molecular complexity index is 668. The van der Waals surface area contributed by atoms with Gasteiger partial charge >= 0.3 is 5.97 Å². The minimum absolute atomic E-state index is 0.0367. The van der Waals surface area contributed by atoms with Crippen molar-refractivity contribution in [3.8, 4) is 0 Å². The van der Waals surface area contributed by atoms with Crippen molar-refractivity contribution in [2.75, 3.05) is 12.4 Å². The van der Waals surface area contributed by atoms with E-state index in [9.17, 15) is 14.4 Å². The number of pyridine rings is 1. The Morgan fingerprint density at radius 3 is 2.90 bits per heavy atom. The molecule has 8 heteroatoms. The minimum Gasteiger partial charge on any atom is -0.468 e. The van der Waals surface area contributed by atoms with Crippen molar-refractivity contribution in [1.82, 2.24) is 14.8 Å². The van der Waals surface area contributed by atoms with E-state index >= 15 is 0 Å². The van der Waals surface area contributed by atoms with Crippen LogP contribution in [0.25, 0.3) is 0 Å². The van der Waals surface area contributed by atoms with Gasteiger partial charge in [-0.05, 0) is 6.07 Å². The fourth-order valence-corrected chi connectivity index (χ4v) is 1.47. The van der Waals surface area contributed by atoms with E-state index < -0.39 is 5.97 Å². The summed E-state index contributed by atoms with van der Waals surface area (Å²) < 4.78 is 5.85. The van der Waals surface area contributed by atoms with Crippen LogP contribution in [0.1, 0.15) is 10.4 Å². The topological polar surface area (TPSA) is 106 Å². The van der Waals surface area contributed by atoms with Crippen molar-refractivity contribution in [3.63, 3.8) is 0 Å². The monoisotopic (exact) mass is 276 g/mol. The number of hydrogen-bond acceptors (Lipinski definition) is 5. The van der Waals surface area contributed by atoms with Gasteiger partial charge in [-0.15, -0.1) is 0 Å². The van der Waals surface area contributed by atoms with Crippen LogP contribution >= 0.6 is 0 Å². The smallest absolute Gasteiger partial charge is 0.327 e. The number of aromatic amines is 1. The molecule has 0 aliphatic rings. The number of carbonyl (C=O) groups excluding carboxylic acids is 2. The van der Waals surface area contributed by atoms with Gasteiger partial charge in [-0.1, -0.05) is 0 Å². The number of amides is 1. The van der Waals surface area contributed by atoms with Gasteiger partial charge in [0.05, 0.1) is 24.6 Å². The largest absolute Gasteiger partial charge is 0.468 e. The van der Waals surface area contributed by atoms with Crippen LogP contribution in [0.2, 0.25) is 0 Å². The first kappa shape index (κ1) is 13.5. The number of carbonyl (C=O) groups is 2. The lowest BCUT2D eigenvalue weighted by Gasteiger charge is -2.01. The molecule has 1 amide bonds. The highest BCUT2D eigenvalue weighted by Crippen LogP contribution is 2.07. The van der Waals surface area contributed by atoms with Crippen LogP contribution < -0.4 is 10.9 Å². The average molecular weight is 276 g/mol. The molecule has 0 aliphatic carbocycles. The minimum atomic E-state index is -0.438. The van der Waals surface area contributed by atoms with E-state index in [-0.39, 0.29) is 18.0 Å². The Labute approximate surface area is 113 Å². The molecule has 0 bridgehead atoms. The number of nitrogens with one attached hydrogen (secondary N) is 2. The molecule has 104 valence electrons. The zero-order valence-electron chi connectivity index (χ0n) is 10.6. The highest BCUT2D eigenvalue weighted by molar-refractivity contribution is 6.03. The van der Waals surface area contributed by atoms with E-state index in [4.69, 9.17) is 0 Å². The highest BCUT2D eigenvalue weighted by Gasteiger charge is 2.09.